The zero-order valence-electron chi connectivity index (χ0n) is 35.2. The van der Waals surface area contributed by atoms with Gasteiger partial charge in [0.15, 0.2) is 17.5 Å². The summed E-state index contributed by atoms with van der Waals surface area (Å²) in [6, 6.07) is 82.5. The van der Waals surface area contributed by atoms with E-state index in [0.717, 1.165) is 60.9 Å². The number of aromatic nitrogens is 4. The van der Waals surface area contributed by atoms with Crippen LogP contribution in [0.25, 0.3) is 127 Å². The largest absolute Gasteiger partial charge is 0.309 e. The molecule has 2 heterocycles. The van der Waals surface area contributed by atoms with E-state index in [-0.39, 0.29) is 0 Å². The number of hydrogen-bond acceptors (Lipinski definition) is 3. The Morgan fingerprint density at radius 3 is 1.63 bits per heavy atom. The van der Waals surface area contributed by atoms with E-state index in [9.17, 15) is 0 Å². The minimum absolute atomic E-state index is 0.608. The molecule has 0 aliphatic carbocycles. The average molecular weight is 827 g/mol. The molecule has 0 aliphatic heterocycles. The molecule has 0 atom stereocenters. The maximum Gasteiger partial charge on any atom is 0.164 e. The molecule has 13 rings (SSSR count). The van der Waals surface area contributed by atoms with Gasteiger partial charge in [0.05, 0.1) is 11.0 Å². The van der Waals surface area contributed by atoms with Crippen molar-refractivity contribution in [2.24, 2.45) is 0 Å². The summed E-state index contributed by atoms with van der Waals surface area (Å²) < 4.78 is 2.46. The second kappa shape index (κ2) is 15.0. The SMILES string of the molecule is c1ccc(-c2cccc(-c3nc(-c4ccc5ccccc5c4)nc(-c4ccc(-n5c6cc7ccccc7cc6c6ccc7ccccc7c65)cc4-c4cccc5ccccc45)n3)c2)cc1. The first-order valence-corrected chi connectivity index (χ1v) is 22.1. The minimum Gasteiger partial charge on any atom is -0.309 e. The second-order valence-electron chi connectivity index (χ2n) is 16.8. The van der Waals surface area contributed by atoms with Crippen LogP contribution in [0.3, 0.4) is 0 Å². The average Bonchev–Trinajstić information content (AvgIpc) is 3.71. The van der Waals surface area contributed by atoms with Crippen LogP contribution < -0.4 is 0 Å². The summed E-state index contributed by atoms with van der Waals surface area (Å²) >= 11 is 0. The Morgan fingerprint density at radius 2 is 0.831 bits per heavy atom. The number of fused-ring (bicyclic) bond motifs is 8. The smallest absolute Gasteiger partial charge is 0.164 e. The van der Waals surface area contributed by atoms with Crippen molar-refractivity contribution in [2.75, 3.05) is 0 Å². The molecule has 0 saturated heterocycles. The number of rotatable bonds is 6. The van der Waals surface area contributed by atoms with Crippen molar-refractivity contribution in [2.45, 2.75) is 0 Å². The fourth-order valence-electron chi connectivity index (χ4n) is 9.83. The lowest BCUT2D eigenvalue weighted by Gasteiger charge is -2.17. The molecule has 65 heavy (non-hydrogen) atoms. The van der Waals surface area contributed by atoms with E-state index in [1.54, 1.807) is 0 Å². The van der Waals surface area contributed by atoms with E-state index in [1.807, 2.05) is 6.07 Å². The lowest BCUT2D eigenvalue weighted by Crippen LogP contribution is -2.02. The van der Waals surface area contributed by atoms with Gasteiger partial charge >= 0.3 is 0 Å². The number of nitrogens with zero attached hydrogens (tertiary/aromatic N) is 4. The quantitative estimate of drug-likeness (QED) is 0.168. The van der Waals surface area contributed by atoms with Crippen LogP contribution in [0.2, 0.25) is 0 Å². The van der Waals surface area contributed by atoms with Crippen molar-refractivity contribution in [3.05, 3.63) is 231 Å². The summed E-state index contributed by atoms with van der Waals surface area (Å²) in [5, 5.41) is 11.9. The molecule has 0 unspecified atom stereocenters. The van der Waals surface area contributed by atoms with Gasteiger partial charge < -0.3 is 4.57 Å². The van der Waals surface area contributed by atoms with Crippen LogP contribution in [0.5, 0.6) is 0 Å². The molecule has 0 fully saturated rings. The number of benzene rings is 11. The number of hydrogen-bond donors (Lipinski definition) is 0. The Kier molecular flexibility index (Phi) is 8.50. The van der Waals surface area contributed by atoms with Crippen LogP contribution in [0.4, 0.5) is 0 Å². The molecule has 302 valence electrons. The Balaban J connectivity index is 1.10. The molecular weight excluding hydrogens is 789 g/mol. The molecular formula is C61H38N4. The van der Waals surface area contributed by atoms with E-state index >= 15 is 0 Å². The van der Waals surface area contributed by atoms with Crippen molar-refractivity contribution in [3.63, 3.8) is 0 Å². The summed E-state index contributed by atoms with van der Waals surface area (Å²) in [6.07, 6.45) is 0. The predicted octanol–water partition coefficient (Wildman–Crippen LogP) is 15.9. The van der Waals surface area contributed by atoms with Gasteiger partial charge in [-0.25, -0.2) is 15.0 Å². The lowest BCUT2D eigenvalue weighted by molar-refractivity contribution is 1.07. The molecule has 13 aromatic rings. The van der Waals surface area contributed by atoms with E-state index in [2.05, 4.69) is 229 Å². The summed E-state index contributed by atoms with van der Waals surface area (Å²) in [4.78, 5) is 16.0. The summed E-state index contributed by atoms with van der Waals surface area (Å²) in [7, 11) is 0. The molecule has 0 bridgehead atoms. The third-order valence-electron chi connectivity index (χ3n) is 13.0. The Bertz CT molecular complexity index is 4010. The van der Waals surface area contributed by atoms with Crippen LogP contribution >= 0.6 is 0 Å². The topological polar surface area (TPSA) is 43.6 Å². The van der Waals surface area contributed by atoms with Gasteiger partial charge in [-0.15, -0.1) is 0 Å². The van der Waals surface area contributed by atoms with Gasteiger partial charge in [-0.2, -0.15) is 0 Å². The minimum atomic E-state index is 0.608. The fraction of sp³-hybridized carbons (Fsp3) is 0. The van der Waals surface area contributed by atoms with Crippen LogP contribution in [0.15, 0.2) is 231 Å². The first kappa shape index (κ1) is 36.9. The molecule has 2 aromatic heterocycles. The van der Waals surface area contributed by atoms with Crippen LogP contribution in [0.1, 0.15) is 0 Å². The molecule has 0 saturated carbocycles. The first-order valence-electron chi connectivity index (χ1n) is 22.1. The van der Waals surface area contributed by atoms with Crippen molar-refractivity contribution >= 4 is 64.9 Å². The molecule has 0 aliphatic rings. The second-order valence-corrected chi connectivity index (χ2v) is 16.8. The summed E-state index contributed by atoms with van der Waals surface area (Å²) in [6.45, 7) is 0. The van der Waals surface area contributed by atoms with Crippen molar-refractivity contribution < 1.29 is 0 Å². The van der Waals surface area contributed by atoms with Gasteiger partial charge in [-0.3, -0.25) is 0 Å². The Hall–Kier alpha value is -8.73. The van der Waals surface area contributed by atoms with Crippen molar-refractivity contribution in [1.82, 2.24) is 19.5 Å². The van der Waals surface area contributed by atoms with Gasteiger partial charge in [0.25, 0.3) is 0 Å². The lowest BCUT2D eigenvalue weighted by atomic mass is 9.93. The van der Waals surface area contributed by atoms with Gasteiger partial charge in [0.2, 0.25) is 0 Å². The zero-order valence-corrected chi connectivity index (χ0v) is 35.2. The van der Waals surface area contributed by atoms with Crippen LogP contribution in [-0.4, -0.2) is 19.5 Å². The highest BCUT2D eigenvalue weighted by Crippen LogP contribution is 2.42. The van der Waals surface area contributed by atoms with Crippen LogP contribution in [0, 0.1) is 0 Å². The third-order valence-corrected chi connectivity index (χ3v) is 13.0. The standard InChI is InChI=1S/C61H38N4/c1-2-14-39(15-3-1)44-23-12-24-47(34-44)59-62-60(48-29-28-40-16-4-5-19-43(40)35-48)64-61(63-59)54-33-31-49(38-55(54)52-27-13-22-41-17-8-10-25-50(41)52)65-57-37-46-21-7-6-20-45(46)36-56(57)53-32-30-42-18-9-11-26-51(42)58(53)65/h1-38H. The molecule has 4 nitrogen and oxygen atoms in total. The molecule has 0 amide bonds. The van der Waals surface area contributed by atoms with E-state index in [0.29, 0.717) is 17.5 Å². The van der Waals surface area contributed by atoms with E-state index in [4.69, 9.17) is 15.0 Å². The third kappa shape index (κ3) is 6.26. The molecule has 4 heteroatoms. The molecule has 11 aromatic carbocycles. The summed E-state index contributed by atoms with van der Waals surface area (Å²) in [5.41, 5.74) is 10.6. The molecule has 0 radical (unpaired) electrons. The highest BCUT2D eigenvalue weighted by molar-refractivity contribution is 6.21. The predicted molar refractivity (Wildman–Crippen MR) is 271 cm³/mol. The van der Waals surface area contributed by atoms with Gasteiger partial charge in [0.1, 0.15) is 0 Å². The Morgan fingerprint density at radius 1 is 0.262 bits per heavy atom. The summed E-state index contributed by atoms with van der Waals surface area (Å²) in [5.74, 6) is 1.84. The van der Waals surface area contributed by atoms with Gasteiger partial charge in [-0.1, -0.05) is 188 Å². The molecule has 0 N–H and O–H groups in total. The monoisotopic (exact) mass is 826 g/mol. The van der Waals surface area contributed by atoms with E-state index < -0.39 is 0 Å². The molecule has 0 spiro atoms. The fourth-order valence-corrected chi connectivity index (χ4v) is 9.83. The van der Waals surface area contributed by atoms with Crippen LogP contribution in [-0.2, 0) is 0 Å². The zero-order chi connectivity index (χ0) is 42.8. The van der Waals surface area contributed by atoms with Crippen molar-refractivity contribution in [1.29, 1.82) is 0 Å². The van der Waals surface area contributed by atoms with E-state index in [1.165, 1.54) is 48.6 Å². The Labute approximate surface area is 375 Å². The van der Waals surface area contributed by atoms with Gasteiger partial charge in [0, 0.05) is 38.5 Å². The maximum atomic E-state index is 5.40. The highest BCUT2D eigenvalue weighted by atomic mass is 15.0. The first-order chi connectivity index (χ1) is 32.2. The maximum absolute atomic E-state index is 5.40. The highest BCUT2D eigenvalue weighted by Gasteiger charge is 2.21. The van der Waals surface area contributed by atoms with Gasteiger partial charge in [-0.05, 0) is 102 Å². The van der Waals surface area contributed by atoms with Crippen molar-refractivity contribution in [3.8, 4) is 62.1 Å². The normalized spacial score (nSPS) is 11.7.